The average molecular weight is 419 g/mol. The lowest BCUT2D eigenvalue weighted by Gasteiger charge is -2.31. The molecule has 2 aromatic rings. The van der Waals surface area contributed by atoms with E-state index in [4.69, 9.17) is 0 Å². The Hall–Kier alpha value is -2.21. The lowest BCUT2D eigenvalue weighted by atomic mass is 10.1. The van der Waals surface area contributed by atoms with Gasteiger partial charge in [0.1, 0.15) is 12.4 Å². The lowest BCUT2D eigenvalue weighted by Crippen LogP contribution is -2.46. The molecule has 0 aliphatic carbocycles. The van der Waals surface area contributed by atoms with E-state index in [0.29, 0.717) is 19.5 Å². The van der Waals surface area contributed by atoms with Gasteiger partial charge < -0.3 is 9.80 Å². The molecule has 0 aliphatic heterocycles. The summed E-state index contributed by atoms with van der Waals surface area (Å²) in [6, 6.07) is 8.26. The van der Waals surface area contributed by atoms with E-state index < -0.39 is 0 Å². The van der Waals surface area contributed by atoms with Crippen LogP contribution in [0.25, 0.3) is 0 Å². The summed E-state index contributed by atoms with van der Waals surface area (Å²) >= 11 is 1.62. The van der Waals surface area contributed by atoms with Crippen LogP contribution < -0.4 is 0 Å². The van der Waals surface area contributed by atoms with Gasteiger partial charge in [0.25, 0.3) is 0 Å². The first kappa shape index (κ1) is 23.1. The number of benzene rings is 1. The maximum absolute atomic E-state index is 13.3. The van der Waals surface area contributed by atoms with Crippen LogP contribution in [-0.4, -0.2) is 34.2 Å². The fourth-order valence-electron chi connectivity index (χ4n) is 3.10. The number of hydrogen-bond acceptors (Lipinski definition) is 3. The highest BCUT2D eigenvalue weighted by Crippen LogP contribution is 2.20. The highest BCUT2D eigenvalue weighted by molar-refractivity contribution is 7.10. The van der Waals surface area contributed by atoms with Crippen molar-refractivity contribution in [3.63, 3.8) is 0 Å². The van der Waals surface area contributed by atoms with Gasteiger partial charge >= 0.3 is 0 Å². The Labute approximate surface area is 177 Å². The van der Waals surface area contributed by atoms with Crippen LogP contribution in [0, 0.1) is 12.7 Å². The van der Waals surface area contributed by atoms with Crippen LogP contribution in [0.3, 0.4) is 0 Å². The summed E-state index contributed by atoms with van der Waals surface area (Å²) in [5, 5.41) is 2.02. The highest BCUT2D eigenvalue weighted by atomic mass is 32.1. The van der Waals surface area contributed by atoms with Crippen molar-refractivity contribution in [3.05, 3.63) is 57.5 Å². The number of thiophene rings is 1. The number of rotatable bonds is 10. The van der Waals surface area contributed by atoms with Crippen molar-refractivity contribution in [1.82, 2.24) is 9.80 Å². The zero-order valence-electron chi connectivity index (χ0n) is 17.8. The number of hydrogen-bond donors (Lipinski definition) is 0. The van der Waals surface area contributed by atoms with E-state index in [1.165, 1.54) is 12.1 Å². The molecule has 2 amide bonds. The van der Waals surface area contributed by atoms with Gasteiger partial charge in [-0.15, -0.1) is 11.3 Å². The van der Waals surface area contributed by atoms with Crippen LogP contribution in [0.5, 0.6) is 0 Å². The van der Waals surface area contributed by atoms with E-state index in [9.17, 15) is 14.0 Å². The summed E-state index contributed by atoms with van der Waals surface area (Å²) in [6.07, 6.45) is 2.00. The first-order chi connectivity index (χ1) is 13.8. The molecule has 4 nitrogen and oxygen atoms in total. The van der Waals surface area contributed by atoms with E-state index in [0.717, 1.165) is 28.8 Å². The Kier molecular flexibility index (Phi) is 8.83. The molecule has 0 bridgehead atoms. The Balaban J connectivity index is 2.22. The lowest BCUT2D eigenvalue weighted by molar-refractivity contribution is -0.143. The van der Waals surface area contributed by atoms with E-state index in [2.05, 4.69) is 0 Å². The summed E-state index contributed by atoms with van der Waals surface area (Å²) in [6.45, 7) is 8.93. The highest BCUT2D eigenvalue weighted by Gasteiger charge is 2.25. The number of nitrogens with zero attached hydrogens (tertiary/aromatic N) is 2. The third-order valence-corrected chi connectivity index (χ3v) is 6.16. The monoisotopic (exact) mass is 418 g/mol. The topological polar surface area (TPSA) is 40.6 Å². The maximum atomic E-state index is 13.3. The predicted octanol–water partition coefficient (Wildman–Crippen LogP) is 5.15. The van der Waals surface area contributed by atoms with E-state index in [1.807, 2.05) is 39.1 Å². The summed E-state index contributed by atoms with van der Waals surface area (Å²) in [4.78, 5) is 30.4. The van der Waals surface area contributed by atoms with Crippen molar-refractivity contribution in [2.24, 2.45) is 0 Å². The molecule has 0 unspecified atom stereocenters. The number of aryl methyl sites for hydroxylation is 1. The van der Waals surface area contributed by atoms with Crippen LogP contribution in [-0.2, 0) is 22.7 Å². The van der Waals surface area contributed by atoms with Gasteiger partial charge in [0.05, 0.1) is 6.54 Å². The van der Waals surface area contributed by atoms with Crippen LogP contribution >= 0.6 is 11.3 Å². The number of carbonyl (C=O) groups is 2. The third kappa shape index (κ3) is 6.67. The molecule has 0 spiro atoms. The largest absolute Gasteiger partial charge is 0.332 e. The molecule has 0 radical (unpaired) electrons. The summed E-state index contributed by atoms with van der Waals surface area (Å²) in [5.74, 6) is -0.370. The molecule has 1 aromatic carbocycles. The summed E-state index contributed by atoms with van der Waals surface area (Å²) in [5.41, 5.74) is 2.01. The van der Waals surface area contributed by atoms with Crippen molar-refractivity contribution >= 4 is 23.2 Å². The van der Waals surface area contributed by atoms with Gasteiger partial charge in [-0.25, -0.2) is 4.39 Å². The Morgan fingerprint density at radius 2 is 1.76 bits per heavy atom. The molecule has 1 atom stereocenters. The fourth-order valence-corrected chi connectivity index (χ4v) is 4.02. The van der Waals surface area contributed by atoms with Crippen LogP contribution in [0.2, 0.25) is 0 Å². The molecule has 0 aliphatic rings. The molecule has 1 aromatic heterocycles. The Morgan fingerprint density at radius 3 is 2.31 bits per heavy atom. The molecule has 1 heterocycles. The van der Waals surface area contributed by atoms with Crippen LogP contribution in [0.15, 0.2) is 35.7 Å². The molecule has 0 N–H and O–H groups in total. The van der Waals surface area contributed by atoms with Crippen molar-refractivity contribution in [3.8, 4) is 0 Å². The maximum Gasteiger partial charge on any atom is 0.242 e. The number of halogens is 1. The summed E-state index contributed by atoms with van der Waals surface area (Å²) in [7, 11) is 0. The van der Waals surface area contributed by atoms with Gasteiger partial charge in [-0.05, 0) is 61.4 Å². The minimum Gasteiger partial charge on any atom is -0.332 e. The van der Waals surface area contributed by atoms with Gasteiger partial charge in [0.15, 0.2) is 0 Å². The Bertz CT molecular complexity index is 803. The smallest absolute Gasteiger partial charge is 0.242 e. The van der Waals surface area contributed by atoms with E-state index in [1.54, 1.807) is 33.3 Å². The zero-order chi connectivity index (χ0) is 21.4. The van der Waals surface area contributed by atoms with E-state index in [-0.39, 0.29) is 30.2 Å². The van der Waals surface area contributed by atoms with Crippen LogP contribution in [0.4, 0.5) is 4.39 Å². The molecule has 0 saturated carbocycles. The van der Waals surface area contributed by atoms with Gasteiger partial charge in [0, 0.05) is 23.9 Å². The Morgan fingerprint density at radius 1 is 1.07 bits per heavy atom. The molecule has 6 heteroatoms. The first-order valence-corrected chi connectivity index (χ1v) is 11.1. The predicted molar refractivity (Wildman–Crippen MR) is 116 cm³/mol. The second-order valence-corrected chi connectivity index (χ2v) is 8.43. The second-order valence-electron chi connectivity index (χ2n) is 7.43. The van der Waals surface area contributed by atoms with Gasteiger partial charge in [-0.3, -0.25) is 9.59 Å². The fraction of sp³-hybridized carbons (Fsp3) is 0.478. The molecule has 29 heavy (non-hydrogen) atoms. The quantitative estimate of drug-likeness (QED) is 0.535. The van der Waals surface area contributed by atoms with Crippen molar-refractivity contribution < 1.29 is 14.0 Å². The number of carbonyl (C=O) groups excluding carboxylic acids is 2. The molecular weight excluding hydrogens is 387 g/mol. The minimum absolute atomic E-state index is 0.00847. The van der Waals surface area contributed by atoms with Crippen molar-refractivity contribution in [2.45, 2.75) is 66.1 Å². The normalized spacial score (nSPS) is 11.9. The molecule has 2 rings (SSSR count). The third-order valence-electron chi connectivity index (χ3n) is 5.15. The van der Waals surface area contributed by atoms with Gasteiger partial charge in [-0.2, -0.15) is 0 Å². The van der Waals surface area contributed by atoms with E-state index >= 15 is 0 Å². The molecular formula is C23H31FN2O2S. The summed E-state index contributed by atoms with van der Waals surface area (Å²) < 4.78 is 13.3. The average Bonchev–Trinajstić information content (AvgIpc) is 3.11. The molecule has 0 fully saturated rings. The van der Waals surface area contributed by atoms with Crippen LogP contribution in [0.1, 0.15) is 56.0 Å². The molecule has 0 saturated heterocycles. The van der Waals surface area contributed by atoms with Gasteiger partial charge in [0.2, 0.25) is 11.8 Å². The van der Waals surface area contributed by atoms with Crippen molar-refractivity contribution in [1.29, 1.82) is 0 Å². The SMILES string of the molecule is CCCC(=O)N(CC(=O)N(Cc1ccc(F)cc1)Cc1sccc1C)[C@H](C)CC. The first-order valence-electron chi connectivity index (χ1n) is 10.2. The molecule has 158 valence electrons. The minimum atomic E-state index is -0.297. The standard InChI is InChI=1S/C23H31FN2O2S/c1-5-7-22(27)26(18(4)6-2)16-23(28)25(15-21-17(3)12-13-29-21)14-19-8-10-20(24)11-9-19/h8-13,18H,5-7,14-16H2,1-4H3/t18-/m1/s1. The van der Waals surface area contributed by atoms with Gasteiger partial charge in [-0.1, -0.05) is 26.0 Å². The number of amides is 2. The second kappa shape index (κ2) is 11.1. The van der Waals surface area contributed by atoms with Crippen molar-refractivity contribution in [2.75, 3.05) is 6.54 Å². The zero-order valence-corrected chi connectivity index (χ0v) is 18.6.